The highest BCUT2D eigenvalue weighted by molar-refractivity contribution is 7.89. The summed E-state index contributed by atoms with van der Waals surface area (Å²) in [5, 5.41) is 2.57. The summed E-state index contributed by atoms with van der Waals surface area (Å²) < 4.78 is 46.5. The molecule has 8 heteroatoms. The second kappa shape index (κ2) is 8.38. The lowest BCUT2D eigenvalue weighted by Crippen LogP contribution is -2.26. The van der Waals surface area contributed by atoms with Gasteiger partial charge in [-0.3, -0.25) is 0 Å². The number of nitrogens with one attached hydrogen (secondary N) is 1. The van der Waals surface area contributed by atoms with Gasteiger partial charge < -0.3 is 4.74 Å². The van der Waals surface area contributed by atoms with E-state index in [1.165, 1.54) is 23.5 Å². The summed E-state index contributed by atoms with van der Waals surface area (Å²) in [6, 6.07) is 9.58. The molecule has 0 fully saturated rings. The van der Waals surface area contributed by atoms with Crippen LogP contribution in [-0.4, -0.2) is 27.1 Å². The molecule has 0 aliphatic heterocycles. The van der Waals surface area contributed by atoms with Gasteiger partial charge in [-0.15, -0.1) is 11.3 Å². The van der Waals surface area contributed by atoms with E-state index in [-0.39, 0.29) is 17.3 Å². The van der Waals surface area contributed by atoms with Gasteiger partial charge in [0.1, 0.15) is 16.6 Å². The molecule has 2 aromatic carbocycles. The van der Waals surface area contributed by atoms with Crippen molar-refractivity contribution in [2.75, 3.05) is 13.7 Å². The van der Waals surface area contributed by atoms with E-state index in [0.717, 1.165) is 11.3 Å². The van der Waals surface area contributed by atoms with Gasteiger partial charge in [-0.1, -0.05) is 12.1 Å². The predicted octanol–water partition coefficient (Wildman–Crippen LogP) is 4.10. The van der Waals surface area contributed by atoms with Gasteiger partial charge >= 0.3 is 0 Å². The number of nitrogens with zero attached hydrogens (tertiary/aromatic N) is 1. The number of hydrogen-bond acceptors (Lipinski definition) is 5. The fourth-order valence-corrected chi connectivity index (χ4v) is 5.03. The minimum atomic E-state index is -3.64. The standard InChI is InChI=1S/C20H21FN2O3S2/c1-13-10-19(14(2)9-18(13)26-3)28(24,25)22-8-7-17-12-27-20(23-17)15-5-4-6-16(21)11-15/h4-6,9-12,22H,7-8H2,1-3H3. The lowest BCUT2D eigenvalue weighted by atomic mass is 10.1. The topological polar surface area (TPSA) is 68.3 Å². The number of hydrogen-bond donors (Lipinski definition) is 1. The first-order chi connectivity index (χ1) is 13.3. The van der Waals surface area contributed by atoms with Gasteiger partial charge in [0.2, 0.25) is 10.0 Å². The van der Waals surface area contributed by atoms with Crippen LogP contribution in [0.1, 0.15) is 16.8 Å². The smallest absolute Gasteiger partial charge is 0.240 e. The Morgan fingerprint density at radius 1 is 1.18 bits per heavy atom. The number of thiazole rings is 1. The summed E-state index contributed by atoms with van der Waals surface area (Å²) in [7, 11) is -2.08. The van der Waals surface area contributed by atoms with E-state index in [2.05, 4.69) is 9.71 Å². The molecule has 0 radical (unpaired) electrons. The van der Waals surface area contributed by atoms with Crippen LogP contribution in [0.5, 0.6) is 5.75 Å². The molecule has 0 saturated heterocycles. The SMILES string of the molecule is COc1cc(C)c(S(=O)(=O)NCCc2csc(-c3cccc(F)c3)n2)cc1C. The Balaban J connectivity index is 1.67. The van der Waals surface area contributed by atoms with Crippen molar-refractivity contribution < 1.29 is 17.5 Å². The maximum Gasteiger partial charge on any atom is 0.240 e. The van der Waals surface area contributed by atoms with Crippen molar-refractivity contribution in [3.05, 3.63) is 64.4 Å². The van der Waals surface area contributed by atoms with Crippen molar-refractivity contribution >= 4 is 21.4 Å². The molecule has 5 nitrogen and oxygen atoms in total. The molecule has 1 heterocycles. The Kier molecular flexibility index (Phi) is 6.12. The number of halogens is 1. The Bertz CT molecular complexity index is 1090. The molecule has 0 atom stereocenters. The fourth-order valence-electron chi connectivity index (χ4n) is 2.84. The highest BCUT2D eigenvalue weighted by Crippen LogP contribution is 2.26. The zero-order valence-corrected chi connectivity index (χ0v) is 17.5. The number of ether oxygens (including phenoxy) is 1. The first-order valence-corrected chi connectivity index (χ1v) is 11.0. The summed E-state index contributed by atoms with van der Waals surface area (Å²) in [6.45, 7) is 3.77. The summed E-state index contributed by atoms with van der Waals surface area (Å²) in [5.74, 6) is 0.343. The summed E-state index contributed by atoms with van der Waals surface area (Å²) >= 11 is 1.41. The average Bonchev–Trinajstić information content (AvgIpc) is 3.12. The van der Waals surface area contributed by atoms with E-state index in [4.69, 9.17) is 4.74 Å². The van der Waals surface area contributed by atoms with Crippen molar-refractivity contribution in [3.63, 3.8) is 0 Å². The van der Waals surface area contributed by atoms with Crippen molar-refractivity contribution in [1.29, 1.82) is 0 Å². The van der Waals surface area contributed by atoms with Crippen LogP contribution in [0, 0.1) is 19.7 Å². The van der Waals surface area contributed by atoms with Gasteiger partial charge in [0.05, 0.1) is 17.7 Å². The van der Waals surface area contributed by atoms with Crippen LogP contribution in [0.25, 0.3) is 10.6 Å². The third-order valence-corrected chi connectivity index (χ3v) is 6.82. The van der Waals surface area contributed by atoms with Crippen molar-refractivity contribution in [1.82, 2.24) is 9.71 Å². The van der Waals surface area contributed by atoms with Gasteiger partial charge in [0, 0.05) is 23.9 Å². The second-order valence-electron chi connectivity index (χ2n) is 6.39. The minimum Gasteiger partial charge on any atom is -0.496 e. The largest absolute Gasteiger partial charge is 0.496 e. The molecular formula is C20H21FN2O3S2. The van der Waals surface area contributed by atoms with E-state index in [9.17, 15) is 12.8 Å². The number of methoxy groups -OCH3 is 1. The monoisotopic (exact) mass is 420 g/mol. The molecule has 0 unspecified atom stereocenters. The van der Waals surface area contributed by atoms with Crippen LogP contribution < -0.4 is 9.46 Å². The average molecular weight is 421 g/mol. The molecule has 3 rings (SSSR count). The van der Waals surface area contributed by atoms with E-state index in [1.54, 1.807) is 45.2 Å². The Morgan fingerprint density at radius 3 is 2.68 bits per heavy atom. The molecule has 0 amide bonds. The quantitative estimate of drug-likeness (QED) is 0.625. The van der Waals surface area contributed by atoms with Gasteiger partial charge in [-0.25, -0.2) is 22.5 Å². The highest BCUT2D eigenvalue weighted by atomic mass is 32.2. The third-order valence-electron chi connectivity index (χ3n) is 4.28. The molecule has 1 N–H and O–H groups in total. The highest BCUT2D eigenvalue weighted by Gasteiger charge is 2.18. The van der Waals surface area contributed by atoms with Gasteiger partial charge in [0.15, 0.2) is 0 Å². The Morgan fingerprint density at radius 2 is 1.96 bits per heavy atom. The maximum atomic E-state index is 13.4. The van der Waals surface area contributed by atoms with Crippen LogP contribution >= 0.6 is 11.3 Å². The first-order valence-electron chi connectivity index (χ1n) is 8.65. The molecular weight excluding hydrogens is 399 g/mol. The molecule has 0 bridgehead atoms. The minimum absolute atomic E-state index is 0.221. The van der Waals surface area contributed by atoms with Crippen LogP contribution in [0.2, 0.25) is 0 Å². The molecule has 0 spiro atoms. The predicted molar refractivity (Wildman–Crippen MR) is 109 cm³/mol. The normalized spacial score (nSPS) is 11.6. The zero-order chi connectivity index (χ0) is 20.3. The van der Waals surface area contributed by atoms with Gasteiger partial charge in [0.25, 0.3) is 0 Å². The molecule has 0 aliphatic carbocycles. The number of sulfonamides is 1. The third kappa shape index (κ3) is 4.57. The van der Waals surface area contributed by atoms with Crippen molar-refractivity contribution in [2.45, 2.75) is 25.2 Å². The zero-order valence-electron chi connectivity index (χ0n) is 15.8. The van der Waals surface area contributed by atoms with Crippen molar-refractivity contribution in [2.24, 2.45) is 0 Å². The van der Waals surface area contributed by atoms with Gasteiger partial charge in [-0.05, 0) is 49.2 Å². The van der Waals surface area contributed by atoms with Crippen LogP contribution in [0.15, 0.2) is 46.7 Å². The lowest BCUT2D eigenvalue weighted by Gasteiger charge is -2.12. The fraction of sp³-hybridized carbons (Fsp3) is 0.250. The Labute approximate surface area is 168 Å². The molecule has 0 saturated carbocycles. The second-order valence-corrected chi connectivity index (χ2v) is 8.98. The number of benzene rings is 2. The van der Waals surface area contributed by atoms with E-state index in [1.807, 2.05) is 5.38 Å². The lowest BCUT2D eigenvalue weighted by molar-refractivity contribution is 0.411. The molecule has 148 valence electrons. The van der Waals surface area contributed by atoms with Crippen LogP contribution in [-0.2, 0) is 16.4 Å². The number of aromatic nitrogens is 1. The summed E-state index contributed by atoms with van der Waals surface area (Å²) in [5.41, 5.74) is 2.85. The molecule has 28 heavy (non-hydrogen) atoms. The van der Waals surface area contributed by atoms with E-state index in [0.29, 0.717) is 28.3 Å². The maximum absolute atomic E-state index is 13.4. The van der Waals surface area contributed by atoms with Crippen molar-refractivity contribution in [3.8, 4) is 16.3 Å². The number of rotatable bonds is 7. The van der Waals surface area contributed by atoms with E-state index < -0.39 is 10.0 Å². The number of aryl methyl sites for hydroxylation is 2. The summed E-state index contributed by atoms with van der Waals surface area (Å²) in [6.07, 6.45) is 0.444. The van der Waals surface area contributed by atoms with Gasteiger partial charge in [-0.2, -0.15) is 0 Å². The molecule has 3 aromatic rings. The summed E-state index contributed by atoms with van der Waals surface area (Å²) in [4.78, 5) is 4.71. The van der Waals surface area contributed by atoms with E-state index >= 15 is 0 Å². The Hall–Kier alpha value is -2.29. The molecule has 1 aromatic heterocycles. The van der Waals surface area contributed by atoms with Crippen LogP contribution in [0.3, 0.4) is 0 Å². The molecule has 0 aliphatic rings. The van der Waals surface area contributed by atoms with Crippen LogP contribution in [0.4, 0.5) is 4.39 Å². The first kappa shape index (κ1) is 20.4.